The lowest BCUT2D eigenvalue weighted by atomic mass is 9.72. The van der Waals surface area contributed by atoms with E-state index in [2.05, 4.69) is 0 Å². The second-order valence-corrected chi connectivity index (χ2v) is 9.47. The molecule has 0 saturated heterocycles. The molecule has 0 heterocycles. The first kappa shape index (κ1) is 32.0. The van der Waals surface area contributed by atoms with Crippen molar-refractivity contribution in [3.63, 3.8) is 0 Å². The topological polar surface area (TPSA) is 142 Å². The van der Waals surface area contributed by atoms with E-state index in [1.807, 2.05) is 0 Å². The van der Waals surface area contributed by atoms with Gasteiger partial charge in [-0.1, -0.05) is 6.07 Å². The largest absolute Gasteiger partial charge is 0.493 e. The van der Waals surface area contributed by atoms with Gasteiger partial charge in [-0.05, 0) is 53.3 Å². The number of benzene rings is 2. The van der Waals surface area contributed by atoms with Crippen LogP contribution in [0.15, 0.2) is 30.3 Å². The molecule has 12 heteroatoms. The van der Waals surface area contributed by atoms with Gasteiger partial charge in [0.2, 0.25) is 0 Å². The van der Waals surface area contributed by atoms with Crippen molar-refractivity contribution >= 4 is 23.9 Å². The van der Waals surface area contributed by atoms with Gasteiger partial charge >= 0.3 is 23.9 Å². The first-order valence-electron chi connectivity index (χ1n) is 12.9. The summed E-state index contributed by atoms with van der Waals surface area (Å²) in [5.41, 5.74) is 1.94. The molecule has 1 aliphatic rings. The standard InChI is InChI=1S/C30H36O12/c1-35-20-10-9-15(11-21(20)36-2)24-18-14-23(38-4)22(37-3)13-16(18)17(12-19(27(31)39-5)28(32)40-6)25(24)26(29(33)41-7)30(34)42-8/h9-11,13-14,17,19,24-26H,12H2,1-8H3/t17-,24-,25-/m0/s1. The van der Waals surface area contributed by atoms with Crippen LogP contribution >= 0.6 is 0 Å². The van der Waals surface area contributed by atoms with Gasteiger partial charge in [0.1, 0.15) is 0 Å². The van der Waals surface area contributed by atoms with Crippen molar-refractivity contribution in [2.45, 2.75) is 18.3 Å². The molecule has 12 nitrogen and oxygen atoms in total. The van der Waals surface area contributed by atoms with Crippen LogP contribution in [0.1, 0.15) is 34.9 Å². The van der Waals surface area contributed by atoms with Crippen molar-refractivity contribution in [1.82, 2.24) is 0 Å². The van der Waals surface area contributed by atoms with Crippen LogP contribution in [0, 0.1) is 17.8 Å². The van der Waals surface area contributed by atoms with Crippen LogP contribution in [-0.2, 0) is 38.1 Å². The average molecular weight is 589 g/mol. The third-order valence-corrected chi connectivity index (χ3v) is 7.70. The van der Waals surface area contributed by atoms with Crippen molar-refractivity contribution in [1.29, 1.82) is 0 Å². The summed E-state index contributed by atoms with van der Waals surface area (Å²) in [6.07, 6.45) is -0.166. The average Bonchev–Trinajstić information content (AvgIpc) is 3.33. The van der Waals surface area contributed by atoms with Crippen molar-refractivity contribution in [3.8, 4) is 23.0 Å². The predicted molar refractivity (Wildman–Crippen MR) is 147 cm³/mol. The van der Waals surface area contributed by atoms with Gasteiger partial charge < -0.3 is 37.9 Å². The fourth-order valence-electron chi connectivity index (χ4n) is 5.80. The van der Waals surface area contributed by atoms with Crippen molar-refractivity contribution in [2.24, 2.45) is 17.8 Å². The smallest absolute Gasteiger partial charge is 0.320 e. The Balaban J connectivity index is 2.43. The minimum absolute atomic E-state index is 0.166. The van der Waals surface area contributed by atoms with Gasteiger partial charge in [0.15, 0.2) is 34.8 Å². The quantitative estimate of drug-likeness (QED) is 0.204. The normalized spacial score (nSPS) is 17.2. The maximum Gasteiger partial charge on any atom is 0.320 e. The number of hydrogen-bond acceptors (Lipinski definition) is 12. The third kappa shape index (κ3) is 5.93. The Labute approximate surface area is 244 Å². The Hall–Kier alpha value is -4.48. The molecule has 0 radical (unpaired) electrons. The molecule has 0 aliphatic heterocycles. The summed E-state index contributed by atoms with van der Waals surface area (Å²) in [7, 11) is 10.6. The molecule has 0 aromatic heterocycles. The Kier molecular flexibility index (Phi) is 10.6. The van der Waals surface area contributed by atoms with E-state index in [1.54, 1.807) is 30.3 Å². The molecule has 42 heavy (non-hydrogen) atoms. The second-order valence-electron chi connectivity index (χ2n) is 9.47. The van der Waals surface area contributed by atoms with Crippen LogP contribution < -0.4 is 18.9 Å². The lowest BCUT2D eigenvalue weighted by Crippen LogP contribution is -2.39. The van der Waals surface area contributed by atoms with Crippen LogP contribution in [0.5, 0.6) is 23.0 Å². The Morgan fingerprint density at radius 3 is 1.50 bits per heavy atom. The fourth-order valence-corrected chi connectivity index (χ4v) is 5.80. The van der Waals surface area contributed by atoms with E-state index in [0.29, 0.717) is 39.7 Å². The van der Waals surface area contributed by atoms with Crippen LogP contribution in [0.25, 0.3) is 0 Å². The molecule has 0 bridgehead atoms. The molecule has 1 aliphatic carbocycles. The highest BCUT2D eigenvalue weighted by molar-refractivity contribution is 5.96. The van der Waals surface area contributed by atoms with Gasteiger partial charge in [-0.3, -0.25) is 19.2 Å². The summed E-state index contributed by atoms with van der Waals surface area (Å²) in [5.74, 6) is -6.89. The van der Waals surface area contributed by atoms with Crippen molar-refractivity contribution < 1.29 is 57.1 Å². The fraction of sp³-hybridized carbons (Fsp3) is 0.467. The highest BCUT2D eigenvalue weighted by atomic mass is 16.6. The molecule has 3 rings (SSSR count). The van der Waals surface area contributed by atoms with E-state index in [1.165, 1.54) is 42.7 Å². The number of fused-ring (bicyclic) bond motifs is 1. The van der Waals surface area contributed by atoms with Gasteiger partial charge in [0.25, 0.3) is 0 Å². The Morgan fingerprint density at radius 2 is 1.05 bits per heavy atom. The van der Waals surface area contributed by atoms with Gasteiger partial charge in [-0.25, -0.2) is 0 Å². The first-order valence-corrected chi connectivity index (χ1v) is 12.9. The third-order valence-electron chi connectivity index (χ3n) is 7.70. The Bertz CT molecular complexity index is 1290. The molecule has 2 aromatic carbocycles. The zero-order chi connectivity index (χ0) is 31.1. The summed E-state index contributed by atoms with van der Waals surface area (Å²) in [6, 6.07) is 8.69. The van der Waals surface area contributed by atoms with E-state index in [9.17, 15) is 19.2 Å². The summed E-state index contributed by atoms with van der Waals surface area (Å²) < 4.78 is 42.1. The SMILES string of the molecule is COC(=O)C(C[C@H]1c2cc(OC)c(OC)cc2[C@H](c2ccc(OC)c(OC)c2)[C@H]1C(C(=O)OC)C(=O)OC)C(=O)OC. The summed E-state index contributed by atoms with van der Waals surface area (Å²) in [6.45, 7) is 0. The zero-order valence-corrected chi connectivity index (χ0v) is 24.9. The van der Waals surface area contributed by atoms with Crippen LogP contribution in [0.2, 0.25) is 0 Å². The number of rotatable bonds is 12. The predicted octanol–water partition coefficient (Wildman–Crippen LogP) is 2.88. The molecular weight excluding hydrogens is 552 g/mol. The number of hydrogen-bond donors (Lipinski definition) is 0. The van der Waals surface area contributed by atoms with Crippen molar-refractivity contribution in [3.05, 3.63) is 47.0 Å². The van der Waals surface area contributed by atoms with Gasteiger partial charge in [0.05, 0.1) is 56.9 Å². The molecule has 2 aromatic rings. The van der Waals surface area contributed by atoms with E-state index < -0.39 is 53.5 Å². The molecule has 0 saturated carbocycles. The molecule has 228 valence electrons. The minimum Gasteiger partial charge on any atom is -0.493 e. The lowest BCUT2D eigenvalue weighted by molar-refractivity contribution is -0.162. The highest BCUT2D eigenvalue weighted by Crippen LogP contribution is 2.58. The van der Waals surface area contributed by atoms with Crippen LogP contribution in [0.3, 0.4) is 0 Å². The molecule has 0 N–H and O–H groups in total. The molecule has 0 unspecified atom stereocenters. The number of methoxy groups -OCH3 is 8. The van der Waals surface area contributed by atoms with E-state index in [4.69, 9.17) is 37.9 Å². The molecule has 3 atom stereocenters. The minimum atomic E-state index is -1.46. The zero-order valence-electron chi connectivity index (χ0n) is 24.9. The van der Waals surface area contributed by atoms with Gasteiger partial charge in [-0.2, -0.15) is 0 Å². The highest BCUT2D eigenvalue weighted by Gasteiger charge is 2.53. The number of esters is 4. The number of ether oxygens (including phenoxy) is 8. The maximum absolute atomic E-state index is 13.3. The Morgan fingerprint density at radius 1 is 0.595 bits per heavy atom. The van der Waals surface area contributed by atoms with Crippen LogP contribution in [-0.4, -0.2) is 80.8 Å². The van der Waals surface area contributed by atoms with Gasteiger partial charge in [-0.15, -0.1) is 0 Å². The van der Waals surface area contributed by atoms with Crippen LogP contribution in [0.4, 0.5) is 0 Å². The number of carbonyl (C=O) groups is 4. The van der Waals surface area contributed by atoms with Crippen molar-refractivity contribution in [2.75, 3.05) is 56.9 Å². The van der Waals surface area contributed by atoms with E-state index >= 15 is 0 Å². The maximum atomic E-state index is 13.3. The molecule has 0 spiro atoms. The number of carbonyl (C=O) groups excluding carboxylic acids is 4. The lowest BCUT2D eigenvalue weighted by Gasteiger charge is -2.31. The molecule has 0 fully saturated rings. The molecule has 0 amide bonds. The van der Waals surface area contributed by atoms with E-state index in [-0.39, 0.29) is 6.42 Å². The van der Waals surface area contributed by atoms with E-state index in [0.717, 1.165) is 14.2 Å². The monoisotopic (exact) mass is 588 g/mol. The summed E-state index contributed by atoms with van der Waals surface area (Å²) >= 11 is 0. The summed E-state index contributed by atoms with van der Waals surface area (Å²) in [5, 5.41) is 0. The van der Waals surface area contributed by atoms with Gasteiger partial charge in [0, 0.05) is 11.8 Å². The second kappa shape index (κ2) is 13.9. The first-order chi connectivity index (χ1) is 20.1. The summed E-state index contributed by atoms with van der Waals surface area (Å²) in [4.78, 5) is 52.2. The molecular formula is C30H36O12.